The molecule has 5 aromatic rings. The summed E-state index contributed by atoms with van der Waals surface area (Å²) in [6.07, 6.45) is 1.06. The Morgan fingerprint density at radius 1 is 1.03 bits per heavy atom. The SMILES string of the molecule is CN(CCOc1ccc(C[C@H](NC(=O)c2coc3ccccc3c2=O)C(=O)O)cc1)c1nc2ccccc2o1. The number of carbonyl (C=O) groups excluding carboxylic acids is 1. The number of aliphatic carboxylic acids is 1. The van der Waals surface area contributed by atoms with Crippen molar-refractivity contribution in [1.82, 2.24) is 10.3 Å². The van der Waals surface area contributed by atoms with Crippen LogP contribution in [0.2, 0.25) is 0 Å². The Morgan fingerprint density at radius 2 is 1.74 bits per heavy atom. The van der Waals surface area contributed by atoms with E-state index in [0.29, 0.717) is 41.6 Å². The van der Waals surface area contributed by atoms with E-state index in [4.69, 9.17) is 13.6 Å². The van der Waals surface area contributed by atoms with E-state index in [1.54, 1.807) is 48.5 Å². The van der Waals surface area contributed by atoms with Crippen LogP contribution in [0.4, 0.5) is 6.01 Å². The van der Waals surface area contributed by atoms with Gasteiger partial charge in [0.25, 0.3) is 11.9 Å². The van der Waals surface area contributed by atoms with Gasteiger partial charge in [-0.15, -0.1) is 0 Å². The summed E-state index contributed by atoms with van der Waals surface area (Å²) < 4.78 is 16.9. The zero-order valence-corrected chi connectivity index (χ0v) is 21.0. The van der Waals surface area contributed by atoms with Crippen molar-refractivity contribution in [3.05, 3.63) is 100 Å². The second-order valence-corrected chi connectivity index (χ2v) is 8.92. The van der Waals surface area contributed by atoms with Gasteiger partial charge in [0.15, 0.2) is 5.58 Å². The summed E-state index contributed by atoms with van der Waals surface area (Å²) in [5, 5.41) is 12.3. The van der Waals surface area contributed by atoms with Crippen LogP contribution in [0.3, 0.4) is 0 Å². The van der Waals surface area contributed by atoms with E-state index < -0.39 is 23.3 Å². The van der Waals surface area contributed by atoms with Gasteiger partial charge in [-0.3, -0.25) is 9.59 Å². The smallest absolute Gasteiger partial charge is 0.326 e. The summed E-state index contributed by atoms with van der Waals surface area (Å²) in [5.41, 5.74) is 1.73. The maximum Gasteiger partial charge on any atom is 0.326 e. The zero-order valence-electron chi connectivity index (χ0n) is 21.0. The molecule has 0 bridgehead atoms. The van der Waals surface area contributed by atoms with Crippen molar-refractivity contribution in [2.24, 2.45) is 0 Å². The number of hydrogen-bond acceptors (Lipinski definition) is 8. The normalized spacial score (nSPS) is 11.8. The van der Waals surface area contributed by atoms with Gasteiger partial charge in [0.1, 0.15) is 41.3 Å². The second kappa shape index (κ2) is 11.1. The van der Waals surface area contributed by atoms with Crippen LogP contribution in [0, 0.1) is 0 Å². The molecule has 0 aliphatic rings. The van der Waals surface area contributed by atoms with E-state index >= 15 is 0 Å². The first-order chi connectivity index (χ1) is 18.9. The number of carbonyl (C=O) groups is 2. The second-order valence-electron chi connectivity index (χ2n) is 8.92. The maximum atomic E-state index is 12.7. The molecular weight excluding hydrogens is 502 g/mol. The number of anilines is 1. The van der Waals surface area contributed by atoms with Gasteiger partial charge >= 0.3 is 5.97 Å². The molecule has 0 unspecified atom stereocenters. The van der Waals surface area contributed by atoms with E-state index in [1.807, 2.05) is 36.2 Å². The molecule has 0 aliphatic carbocycles. The Balaban J connectivity index is 1.17. The number of benzene rings is 3. The molecular formula is C29H25N3O7. The van der Waals surface area contributed by atoms with E-state index in [2.05, 4.69) is 10.3 Å². The monoisotopic (exact) mass is 527 g/mol. The summed E-state index contributed by atoms with van der Waals surface area (Å²) >= 11 is 0. The van der Waals surface area contributed by atoms with Crippen molar-refractivity contribution in [1.29, 1.82) is 0 Å². The van der Waals surface area contributed by atoms with E-state index in [-0.39, 0.29) is 17.4 Å². The molecule has 0 saturated carbocycles. The third-order valence-electron chi connectivity index (χ3n) is 6.20. The first-order valence-electron chi connectivity index (χ1n) is 12.2. The molecule has 1 atom stereocenters. The Bertz CT molecular complexity index is 1660. The number of ether oxygens (including phenoxy) is 1. The molecule has 2 N–H and O–H groups in total. The standard InChI is InChI=1S/C29H25N3O7/c1-32(29-31-22-7-3-5-9-25(22)39-29)14-15-37-19-12-10-18(11-13-19)16-23(28(35)36)30-27(34)21-17-38-24-8-4-2-6-20(24)26(21)33/h2-13,17,23H,14-16H2,1H3,(H,30,34)(H,35,36)/t23-/m0/s1. The Kier molecular flexibility index (Phi) is 7.26. The lowest BCUT2D eigenvalue weighted by molar-refractivity contribution is -0.139. The fraction of sp³-hybridized carbons (Fsp3) is 0.172. The molecule has 198 valence electrons. The van der Waals surface area contributed by atoms with Crippen LogP contribution in [0.15, 0.2) is 92.7 Å². The van der Waals surface area contributed by atoms with Crippen LogP contribution in [0.5, 0.6) is 5.75 Å². The number of carboxylic acids is 1. The predicted octanol–water partition coefficient (Wildman–Crippen LogP) is 3.88. The molecule has 2 aromatic heterocycles. The first kappa shape index (κ1) is 25.5. The number of amides is 1. The highest BCUT2D eigenvalue weighted by Gasteiger charge is 2.23. The van der Waals surface area contributed by atoms with Crippen molar-refractivity contribution in [3.63, 3.8) is 0 Å². The molecule has 39 heavy (non-hydrogen) atoms. The van der Waals surface area contributed by atoms with Gasteiger partial charge in [-0.2, -0.15) is 4.98 Å². The molecule has 0 fully saturated rings. The number of para-hydroxylation sites is 3. The minimum absolute atomic E-state index is 0.0146. The van der Waals surface area contributed by atoms with Gasteiger partial charge in [0.05, 0.1) is 11.9 Å². The van der Waals surface area contributed by atoms with Gasteiger partial charge in [-0.05, 0) is 42.0 Å². The van der Waals surface area contributed by atoms with Crippen LogP contribution >= 0.6 is 0 Å². The van der Waals surface area contributed by atoms with Gasteiger partial charge in [-0.25, -0.2) is 4.79 Å². The van der Waals surface area contributed by atoms with Gasteiger partial charge < -0.3 is 28.9 Å². The summed E-state index contributed by atoms with van der Waals surface area (Å²) in [7, 11) is 1.86. The van der Waals surface area contributed by atoms with Gasteiger partial charge in [0, 0.05) is 13.5 Å². The van der Waals surface area contributed by atoms with E-state index in [0.717, 1.165) is 11.8 Å². The maximum absolute atomic E-state index is 12.7. The van der Waals surface area contributed by atoms with Crippen LogP contribution in [-0.4, -0.2) is 48.2 Å². The highest BCUT2D eigenvalue weighted by molar-refractivity contribution is 5.98. The van der Waals surface area contributed by atoms with E-state index in [9.17, 15) is 19.5 Å². The molecule has 0 spiro atoms. The van der Waals surface area contributed by atoms with Crippen molar-refractivity contribution >= 4 is 40.0 Å². The summed E-state index contributed by atoms with van der Waals surface area (Å²) in [6, 6.07) is 20.2. The molecule has 3 aromatic carbocycles. The Hall–Kier alpha value is -5.12. The molecule has 0 radical (unpaired) electrons. The molecule has 10 heteroatoms. The van der Waals surface area contributed by atoms with Gasteiger partial charge in [0.2, 0.25) is 5.43 Å². The molecule has 1 amide bonds. The number of nitrogens with zero attached hydrogens (tertiary/aromatic N) is 2. The Labute approximate surface area is 222 Å². The minimum Gasteiger partial charge on any atom is -0.492 e. The van der Waals surface area contributed by atoms with Crippen LogP contribution in [-0.2, 0) is 11.2 Å². The van der Waals surface area contributed by atoms with Crippen molar-refractivity contribution in [2.75, 3.05) is 25.1 Å². The average Bonchev–Trinajstić information content (AvgIpc) is 3.38. The quantitative estimate of drug-likeness (QED) is 0.277. The number of nitrogens with one attached hydrogen (secondary N) is 1. The average molecular weight is 528 g/mol. The van der Waals surface area contributed by atoms with Crippen LogP contribution < -0.4 is 20.4 Å². The minimum atomic E-state index is -1.25. The van der Waals surface area contributed by atoms with Crippen molar-refractivity contribution in [3.8, 4) is 5.75 Å². The third kappa shape index (κ3) is 5.74. The highest BCUT2D eigenvalue weighted by atomic mass is 16.5. The molecule has 2 heterocycles. The predicted molar refractivity (Wildman–Crippen MR) is 144 cm³/mol. The lowest BCUT2D eigenvalue weighted by Crippen LogP contribution is -2.43. The number of oxazole rings is 1. The number of fused-ring (bicyclic) bond motifs is 2. The molecule has 0 saturated heterocycles. The molecule has 10 nitrogen and oxygen atoms in total. The number of hydrogen-bond donors (Lipinski definition) is 2. The lowest BCUT2D eigenvalue weighted by atomic mass is 10.1. The fourth-order valence-electron chi connectivity index (χ4n) is 4.05. The first-order valence-corrected chi connectivity index (χ1v) is 12.2. The fourth-order valence-corrected chi connectivity index (χ4v) is 4.05. The van der Waals surface area contributed by atoms with Crippen LogP contribution in [0.1, 0.15) is 15.9 Å². The summed E-state index contributed by atoms with van der Waals surface area (Å²) in [6.45, 7) is 0.904. The molecule has 0 aliphatic heterocycles. The number of rotatable bonds is 10. The number of aromatic nitrogens is 1. The summed E-state index contributed by atoms with van der Waals surface area (Å²) in [5.74, 6) is -1.43. The lowest BCUT2D eigenvalue weighted by Gasteiger charge is -2.16. The number of carboxylic acid groups (broad SMARTS) is 1. The summed E-state index contributed by atoms with van der Waals surface area (Å²) in [4.78, 5) is 43.6. The highest BCUT2D eigenvalue weighted by Crippen LogP contribution is 2.21. The topological polar surface area (TPSA) is 135 Å². The van der Waals surface area contributed by atoms with Gasteiger partial charge in [-0.1, -0.05) is 36.4 Å². The number of likely N-dealkylation sites (N-methyl/N-ethyl adjacent to an activating group) is 1. The van der Waals surface area contributed by atoms with E-state index in [1.165, 1.54) is 0 Å². The largest absolute Gasteiger partial charge is 0.492 e. The van der Waals surface area contributed by atoms with Crippen molar-refractivity contribution < 1.29 is 28.3 Å². The Morgan fingerprint density at radius 3 is 2.49 bits per heavy atom. The zero-order chi connectivity index (χ0) is 27.4. The molecule has 5 rings (SSSR count). The van der Waals surface area contributed by atoms with Crippen LogP contribution in [0.25, 0.3) is 22.1 Å². The third-order valence-corrected chi connectivity index (χ3v) is 6.20. The van der Waals surface area contributed by atoms with Crippen molar-refractivity contribution in [2.45, 2.75) is 12.5 Å².